The number of thiazole rings is 1. The average Bonchev–Trinajstić information content (AvgIpc) is 2.67. The summed E-state index contributed by atoms with van der Waals surface area (Å²) in [7, 11) is 0. The first kappa shape index (κ1) is 11.0. The monoisotopic (exact) mass is 240 g/mol. The Labute approximate surface area is 96.2 Å². The Morgan fingerprint density at radius 3 is 2.50 bits per heavy atom. The molecule has 1 fully saturated rings. The lowest BCUT2D eigenvalue weighted by Crippen LogP contribution is -2.49. The lowest BCUT2D eigenvalue weighted by atomic mass is 9.97. The third kappa shape index (κ3) is 1.40. The van der Waals surface area contributed by atoms with E-state index in [-0.39, 0.29) is 6.54 Å². The second-order valence-corrected chi connectivity index (χ2v) is 4.87. The van der Waals surface area contributed by atoms with Crippen LogP contribution in [-0.4, -0.2) is 23.5 Å². The van der Waals surface area contributed by atoms with Crippen molar-refractivity contribution in [1.29, 1.82) is 0 Å². The Morgan fingerprint density at radius 1 is 1.44 bits per heavy atom. The van der Waals surface area contributed by atoms with E-state index in [2.05, 4.69) is 15.6 Å². The van der Waals surface area contributed by atoms with Crippen LogP contribution in [0.3, 0.4) is 0 Å². The van der Waals surface area contributed by atoms with Crippen molar-refractivity contribution in [3.8, 4) is 0 Å². The number of nitrogens with zero attached hydrogens (tertiary/aromatic N) is 1. The minimum Gasteiger partial charge on any atom is -0.327 e. The molecule has 6 nitrogen and oxygen atoms in total. The van der Waals surface area contributed by atoms with Crippen LogP contribution >= 0.6 is 11.3 Å². The molecule has 2 heterocycles. The zero-order valence-electron chi connectivity index (χ0n) is 8.96. The Morgan fingerprint density at radius 2 is 2.12 bits per heavy atom. The second-order valence-electron chi connectivity index (χ2n) is 3.67. The molecule has 0 spiro atoms. The molecule has 0 aliphatic carbocycles. The molecule has 0 aromatic carbocycles. The number of carbonyl (C=O) groups is 2. The predicted molar refractivity (Wildman–Crippen MR) is 59.0 cm³/mol. The van der Waals surface area contributed by atoms with Gasteiger partial charge in [0.05, 0.1) is 15.6 Å². The number of carbonyl (C=O) groups excluding carboxylic acids is 2. The highest BCUT2D eigenvalue weighted by atomic mass is 32.1. The molecule has 1 saturated heterocycles. The van der Waals surface area contributed by atoms with Crippen LogP contribution in [0.2, 0.25) is 0 Å². The molecular formula is C9H12N4O2S. The standard InChI is InChI=1S/C9H12N4O2S/c1-4-6(16-5(2)11-4)9(3-10)7(14)12-8(15)13-9/h3,10H2,1-2H3,(H2,12,13,14,15)/t9-/m0/s1. The van der Waals surface area contributed by atoms with Gasteiger partial charge in [-0.1, -0.05) is 0 Å². The summed E-state index contributed by atoms with van der Waals surface area (Å²) in [5.41, 5.74) is 5.22. The van der Waals surface area contributed by atoms with Crippen molar-refractivity contribution >= 4 is 23.3 Å². The molecule has 0 radical (unpaired) electrons. The van der Waals surface area contributed by atoms with Crippen molar-refractivity contribution in [3.05, 3.63) is 15.6 Å². The number of hydrogen-bond acceptors (Lipinski definition) is 5. The van der Waals surface area contributed by atoms with Crippen molar-refractivity contribution in [3.63, 3.8) is 0 Å². The Balaban J connectivity index is 2.54. The minimum atomic E-state index is -1.15. The van der Waals surface area contributed by atoms with Gasteiger partial charge in [0.1, 0.15) is 0 Å². The van der Waals surface area contributed by atoms with E-state index in [0.29, 0.717) is 4.88 Å². The largest absolute Gasteiger partial charge is 0.327 e. The Bertz CT molecular complexity index is 470. The molecule has 3 amide bonds. The predicted octanol–water partition coefficient (Wildman–Crippen LogP) is -0.247. The van der Waals surface area contributed by atoms with Gasteiger partial charge in [-0.15, -0.1) is 11.3 Å². The molecule has 4 N–H and O–H groups in total. The fraction of sp³-hybridized carbons (Fsp3) is 0.444. The molecule has 0 bridgehead atoms. The lowest BCUT2D eigenvalue weighted by Gasteiger charge is -2.22. The van der Waals surface area contributed by atoms with Crippen molar-refractivity contribution in [2.24, 2.45) is 5.73 Å². The first-order valence-corrected chi connectivity index (χ1v) is 5.59. The summed E-state index contributed by atoms with van der Waals surface area (Å²) in [4.78, 5) is 28.0. The minimum absolute atomic E-state index is 0.0209. The van der Waals surface area contributed by atoms with Gasteiger partial charge >= 0.3 is 6.03 Å². The number of urea groups is 1. The van der Waals surface area contributed by atoms with Crippen molar-refractivity contribution in [1.82, 2.24) is 15.6 Å². The topological polar surface area (TPSA) is 97.1 Å². The van der Waals surface area contributed by atoms with Gasteiger partial charge in [0.15, 0.2) is 5.54 Å². The van der Waals surface area contributed by atoms with Gasteiger partial charge in [-0.2, -0.15) is 0 Å². The summed E-state index contributed by atoms with van der Waals surface area (Å²) >= 11 is 1.37. The number of nitrogens with two attached hydrogens (primary N) is 1. The van der Waals surface area contributed by atoms with E-state index >= 15 is 0 Å². The van der Waals surface area contributed by atoms with E-state index in [1.54, 1.807) is 6.92 Å². The zero-order chi connectivity index (χ0) is 11.9. The van der Waals surface area contributed by atoms with Gasteiger partial charge in [-0.05, 0) is 13.8 Å². The smallest absolute Gasteiger partial charge is 0.322 e. The maximum Gasteiger partial charge on any atom is 0.322 e. The van der Waals surface area contributed by atoms with Gasteiger partial charge in [0, 0.05) is 6.54 Å². The number of hydrogen-bond donors (Lipinski definition) is 3. The molecule has 0 unspecified atom stereocenters. The molecule has 86 valence electrons. The van der Waals surface area contributed by atoms with Crippen LogP contribution < -0.4 is 16.4 Å². The normalized spacial score (nSPS) is 24.4. The zero-order valence-corrected chi connectivity index (χ0v) is 9.77. The quantitative estimate of drug-likeness (QED) is 0.621. The molecule has 1 atom stereocenters. The van der Waals surface area contributed by atoms with Gasteiger partial charge in [0.2, 0.25) is 0 Å². The molecular weight excluding hydrogens is 228 g/mol. The first-order valence-electron chi connectivity index (χ1n) is 4.78. The molecule has 2 rings (SSSR count). The maximum atomic E-state index is 11.8. The van der Waals surface area contributed by atoms with E-state index in [9.17, 15) is 9.59 Å². The molecule has 1 aromatic rings. The van der Waals surface area contributed by atoms with Gasteiger partial charge in [-0.3, -0.25) is 10.1 Å². The summed E-state index contributed by atoms with van der Waals surface area (Å²) in [6.07, 6.45) is 0. The maximum absolute atomic E-state index is 11.8. The molecule has 1 aromatic heterocycles. The lowest BCUT2D eigenvalue weighted by molar-refractivity contribution is -0.123. The fourth-order valence-corrected chi connectivity index (χ4v) is 2.89. The van der Waals surface area contributed by atoms with Crippen LogP contribution in [0.1, 0.15) is 15.6 Å². The van der Waals surface area contributed by atoms with E-state index in [0.717, 1.165) is 10.7 Å². The number of amides is 3. The third-order valence-corrected chi connectivity index (χ3v) is 3.77. The highest BCUT2D eigenvalue weighted by Crippen LogP contribution is 2.31. The number of aryl methyl sites for hydroxylation is 2. The van der Waals surface area contributed by atoms with Gasteiger partial charge in [-0.25, -0.2) is 9.78 Å². The van der Waals surface area contributed by atoms with E-state index in [1.807, 2.05) is 6.92 Å². The van der Waals surface area contributed by atoms with Gasteiger partial charge in [0.25, 0.3) is 5.91 Å². The SMILES string of the molecule is Cc1nc(C)c([C@]2(CN)NC(=O)NC2=O)s1. The van der Waals surface area contributed by atoms with E-state index in [4.69, 9.17) is 5.73 Å². The fourth-order valence-electron chi connectivity index (χ4n) is 1.82. The molecule has 1 aliphatic heterocycles. The number of nitrogens with one attached hydrogen (secondary N) is 2. The van der Waals surface area contributed by atoms with Crippen LogP contribution in [0.5, 0.6) is 0 Å². The number of imide groups is 1. The molecule has 0 saturated carbocycles. The molecule has 16 heavy (non-hydrogen) atoms. The summed E-state index contributed by atoms with van der Waals surface area (Å²) in [5.74, 6) is -0.410. The van der Waals surface area contributed by atoms with Crippen molar-refractivity contribution < 1.29 is 9.59 Å². The number of aromatic nitrogens is 1. The summed E-state index contributed by atoms with van der Waals surface area (Å²) in [6, 6.07) is -0.513. The summed E-state index contributed by atoms with van der Waals surface area (Å²) in [6.45, 7) is 3.67. The van der Waals surface area contributed by atoms with Crippen LogP contribution in [0.4, 0.5) is 4.79 Å². The van der Waals surface area contributed by atoms with Crippen LogP contribution in [0.25, 0.3) is 0 Å². The summed E-state index contributed by atoms with van der Waals surface area (Å²) < 4.78 is 0. The highest BCUT2D eigenvalue weighted by molar-refractivity contribution is 7.12. The van der Waals surface area contributed by atoms with E-state index in [1.165, 1.54) is 11.3 Å². The second kappa shape index (κ2) is 3.53. The first-order chi connectivity index (χ1) is 7.49. The molecule has 7 heteroatoms. The Hall–Kier alpha value is -1.47. The average molecular weight is 240 g/mol. The summed E-state index contributed by atoms with van der Waals surface area (Å²) in [5, 5.41) is 5.63. The van der Waals surface area contributed by atoms with Gasteiger partial charge < -0.3 is 11.1 Å². The molecule has 1 aliphatic rings. The van der Waals surface area contributed by atoms with Crippen LogP contribution in [-0.2, 0) is 10.3 Å². The van der Waals surface area contributed by atoms with E-state index < -0.39 is 17.5 Å². The van der Waals surface area contributed by atoms with Crippen molar-refractivity contribution in [2.45, 2.75) is 19.4 Å². The van der Waals surface area contributed by atoms with Crippen molar-refractivity contribution in [2.75, 3.05) is 6.54 Å². The third-order valence-electron chi connectivity index (χ3n) is 2.54. The number of rotatable bonds is 2. The van der Waals surface area contributed by atoms with Crippen LogP contribution in [0.15, 0.2) is 0 Å². The highest BCUT2D eigenvalue weighted by Gasteiger charge is 2.48. The Kier molecular flexibility index (Phi) is 2.43. The van der Waals surface area contributed by atoms with Crippen LogP contribution in [0, 0.1) is 13.8 Å².